The fraction of sp³-hybridized carbons (Fsp3) is 0.667. The lowest BCUT2D eigenvalue weighted by Crippen LogP contribution is -2.64. The molecular weight excluding hydrogens is 336 g/mol. The average Bonchev–Trinajstić information content (AvgIpc) is 2.46. The van der Waals surface area contributed by atoms with E-state index < -0.39 is 48.0 Å². The molecule has 1 fully saturated rings. The first-order chi connectivity index (χ1) is 11.6. The van der Waals surface area contributed by atoms with Crippen LogP contribution in [0.2, 0.25) is 0 Å². The molecule has 25 heavy (non-hydrogen) atoms. The van der Waals surface area contributed by atoms with Gasteiger partial charge in [-0.15, -0.1) is 0 Å². The van der Waals surface area contributed by atoms with Crippen molar-refractivity contribution in [3.63, 3.8) is 0 Å². The Kier molecular flexibility index (Phi) is 7.34. The molecule has 0 aromatic heterocycles. The van der Waals surface area contributed by atoms with Gasteiger partial charge in [-0.3, -0.25) is 24.0 Å². The van der Waals surface area contributed by atoms with Crippen LogP contribution in [0.5, 0.6) is 0 Å². The van der Waals surface area contributed by atoms with Crippen molar-refractivity contribution in [2.45, 2.75) is 51.9 Å². The molecule has 1 saturated heterocycles. The Morgan fingerprint density at radius 3 is 2.08 bits per heavy atom. The van der Waals surface area contributed by atoms with Gasteiger partial charge in [0.05, 0.1) is 19.0 Å². The third-order valence-corrected chi connectivity index (χ3v) is 3.49. The Balaban J connectivity index is 2.99. The Morgan fingerprint density at radius 1 is 1.00 bits per heavy atom. The number of likely N-dealkylation sites (tertiary alicyclic amines) is 1. The number of ether oxygens (including phenoxy) is 2. The number of esters is 2. The highest BCUT2D eigenvalue weighted by Gasteiger charge is 2.43. The van der Waals surface area contributed by atoms with Gasteiger partial charge in [0.2, 0.25) is 11.8 Å². The fourth-order valence-corrected chi connectivity index (χ4v) is 2.63. The summed E-state index contributed by atoms with van der Waals surface area (Å²) in [6.07, 6.45) is -2.49. The molecule has 0 saturated carbocycles. The van der Waals surface area contributed by atoms with Crippen LogP contribution in [0.3, 0.4) is 0 Å². The van der Waals surface area contributed by atoms with Crippen LogP contribution in [0.15, 0.2) is 0 Å². The van der Waals surface area contributed by atoms with E-state index in [9.17, 15) is 24.0 Å². The maximum Gasteiger partial charge on any atom is 0.303 e. The molecule has 1 aliphatic heterocycles. The second kappa shape index (κ2) is 9.00. The van der Waals surface area contributed by atoms with E-state index in [2.05, 4.69) is 5.32 Å². The number of hydrogen-bond acceptors (Lipinski definition) is 7. The van der Waals surface area contributed by atoms with Crippen LogP contribution in [0, 0.1) is 0 Å². The Labute approximate surface area is 144 Å². The summed E-state index contributed by atoms with van der Waals surface area (Å²) >= 11 is 0. The van der Waals surface area contributed by atoms with Gasteiger partial charge in [-0.1, -0.05) is 0 Å². The van der Waals surface area contributed by atoms with Crippen molar-refractivity contribution in [1.29, 1.82) is 0 Å². The van der Waals surface area contributed by atoms with Crippen LogP contribution >= 0.6 is 0 Å². The molecule has 0 spiro atoms. The molecule has 0 bridgehead atoms. The average molecular weight is 358 g/mol. The predicted molar refractivity (Wildman–Crippen MR) is 82.2 cm³/mol. The first kappa shape index (κ1) is 20.4. The van der Waals surface area contributed by atoms with Crippen molar-refractivity contribution < 1.29 is 38.6 Å². The molecular formula is C15H22N2O8. The Bertz CT molecular complexity index is 536. The molecule has 2 amide bonds. The Hall–Kier alpha value is -2.65. The molecule has 2 N–H and O–H groups in total. The normalized spacial score (nSPS) is 22.7. The number of nitrogens with one attached hydrogen (secondary N) is 1. The molecule has 140 valence electrons. The van der Waals surface area contributed by atoms with Crippen LogP contribution in [0.25, 0.3) is 0 Å². The van der Waals surface area contributed by atoms with Gasteiger partial charge in [0.15, 0.2) is 12.2 Å². The number of carbonyl (C=O) groups is 5. The quantitative estimate of drug-likeness (QED) is 0.580. The molecule has 0 aromatic carbocycles. The number of amides is 2. The number of hydrogen-bond donors (Lipinski definition) is 2. The molecule has 3 atom stereocenters. The third-order valence-electron chi connectivity index (χ3n) is 3.49. The van der Waals surface area contributed by atoms with E-state index in [4.69, 9.17) is 14.6 Å². The summed E-state index contributed by atoms with van der Waals surface area (Å²) in [7, 11) is 0. The van der Waals surface area contributed by atoms with Gasteiger partial charge in [0, 0.05) is 33.7 Å². The van der Waals surface area contributed by atoms with Gasteiger partial charge >= 0.3 is 17.9 Å². The highest BCUT2D eigenvalue weighted by Crippen LogP contribution is 2.20. The number of piperidine rings is 1. The lowest BCUT2D eigenvalue weighted by atomic mass is 9.98. The van der Waals surface area contributed by atoms with Crippen molar-refractivity contribution >= 4 is 29.7 Å². The molecule has 1 rings (SSSR count). The summed E-state index contributed by atoms with van der Waals surface area (Å²) in [5, 5.41) is 11.3. The summed E-state index contributed by atoms with van der Waals surface area (Å²) in [6.45, 7) is 3.56. The van der Waals surface area contributed by atoms with Crippen LogP contribution < -0.4 is 5.32 Å². The van der Waals surface area contributed by atoms with Crippen molar-refractivity contribution in [2.75, 3.05) is 13.1 Å². The number of aliphatic carboxylic acids is 1. The minimum atomic E-state index is -1.11. The van der Waals surface area contributed by atoms with Gasteiger partial charge < -0.3 is 24.8 Å². The van der Waals surface area contributed by atoms with Crippen LogP contribution in [0.1, 0.15) is 33.6 Å². The maximum absolute atomic E-state index is 12.2. The first-order valence-electron chi connectivity index (χ1n) is 7.71. The summed E-state index contributed by atoms with van der Waals surface area (Å²) in [6, 6.07) is -0.784. The highest BCUT2D eigenvalue weighted by atomic mass is 16.6. The monoisotopic (exact) mass is 358 g/mol. The van der Waals surface area contributed by atoms with Crippen molar-refractivity contribution in [1.82, 2.24) is 10.2 Å². The minimum Gasteiger partial charge on any atom is -0.481 e. The van der Waals surface area contributed by atoms with Gasteiger partial charge in [0.1, 0.15) is 0 Å². The van der Waals surface area contributed by atoms with Crippen LogP contribution in [-0.4, -0.2) is 71.1 Å². The zero-order valence-corrected chi connectivity index (χ0v) is 14.3. The lowest BCUT2D eigenvalue weighted by molar-refractivity contribution is -0.177. The van der Waals surface area contributed by atoms with E-state index in [0.717, 1.165) is 0 Å². The molecule has 0 radical (unpaired) electrons. The molecule has 0 aromatic rings. The summed E-state index contributed by atoms with van der Waals surface area (Å²) in [5.41, 5.74) is 0. The maximum atomic E-state index is 12.2. The Morgan fingerprint density at radius 2 is 1.60 bits per heavy atom. The topological polar surface area (TPSA) is 139 Å². The van der Waals surface area contributed by atoms with Crippen LogP contribution in [-0.2, 0) is 33.4 Å². The zero-order chi connectivity index (χ0) is 19.1. The SMILES string of the molecule is CC(=O)N[C@H]1CN(C(=O)CCC(=O)O)C[C@H](OC(C)=O)[C@@H]1OC(C)=O. The third kappa shape index (κ3) is 6.77. The van der Waals surface area contributed by atoms with Gasteiger partial charge in [0.25, 0.3) is 0 Å². The molecule has 1 heterocycles. The molecule has 1 aliphatic rings. The molecule has 10 heteroatoms. The standard InChI is InChI=1S/C15H22N2O8/c1-8(18)16-11-6-17(13(21)4-5-14(22)23)7-12(24-9(2)19)15(11)25-10(3)20/h11-12,15H,4-7H2,1-3H3,(H,16,18)(H,22,23)/t11-,12-,15+/m0/s1. The van der Waals surface area contributed by atoms with E-state index in [1.165, 1.54) is 25.7 Å². The minimum absolute atomic E-state index is 0.00768. The molecule has 10 nitrogen and oxygen atoms in total. The number of nitrogens with zero attached hydrogens (tertiary/aromatic N) is 1. The second-order valence-electron chi connectivity index (χ2n) is 5.72. The first-order valence-corrected chi connectivity index (χ1v) is 7.71. The number of rotatable bonds is 6. The highest BCUT2D eigenvalue weighted by molar-refractivity contribution is 5.81. The van der Waals surface area contributed by atoms with E-state index in [0.29, 0.717) is 0 Å². The van der Waals surface area contributed by atoms with Gasteiger partial charge in [-0.25, -0.2) is 0 Å². The largest absolute Gasteiger partial charge is 0.481 e. The number of carboxylic acids is 1. The van der Waals surface area contributed by atoms with E-state index in [-0.39, 0.29) is 25.9 Å². The number of carbonyl (C=O) groups excluding carboxylic acids is 4. The van der Waals surface area contributed by atoms with Gasteiger partial charge in [-0.2, -0.15) is 0 Å². The zero-order valence-electron chi connectivity index (χ0n) is 14.3. The summed E-state index contributed by atoms with van der Waals surface area (Å²) in [4.78, 5) is 58.2. The second-order valence-corrected chi connectivity index (χ2v) is 5.72. The lowest BCUT2D eigenvalue weighted by Gasteiger charge is -2.42. The van der Waals surface area contributed by atoms with Gasteiger partial charge in [-0.05, 0) is 0 Å². The summed E-state index contributed by atoms with van der Waals surface area (Å²) < 4.78 is 10.3. The van der Waals surface area contributed by atoms with E-state index in [1.807, 2.05) is 0 Å². The van der Waals surface area contributed by atoms with E-state index in [1.54, 1.807) is 0 Å². The number of carboxylic acid groups (broad SMARTS) is 1. The molecule has 0 unspecified atom stereocenters. The van der Waals surface area contributed by atoms with Crippen LogP contribution in [0.4, 0.5) is 0 Å². The smallest absolute Gasteiger partial charge is 0.303 e. The van der Waals surface area contributed by atoms with Crippen molar-refractivity contribution in [2.24, 2.45) is 0 Å². The predicted octanol–water partition coefficient (Wildman–Crippen LogP) is -0.938. The fourth-order valence-electron chi connectivity index (χ4n) is 2.63. The van der Waals surface area contributed by atoms with Crippen molar-refractivity contribution in [3.8, 4) is 0 Å². The summed E-state index contributed by atoms with van der Waals surface area (Å²) in [5.74, 6) is -3.25. The molecule has 0 aliphatic carbocycles. The van der Waals surface area contributed by atoms with Crippen molar-refractivity contribution in [3.05, 3.63) is 0 Å². The van der Waals surface area contributed by atoms with E-state index >= 15 is 0 Å².